The molecule has 3 aromatic rings. The third-order valence-corrected chi connectivity index (χ3v) is 3.82. The Bertz CT molecular complexity index is 831. The molecule has 7 nitrogen and oxygen atoms in total. The molecule has 0 atom stereocenters. The van der Waals surface area contributed by atoms with Crippen molar-refractivity contribution < 1.29 is 4.42 Å². The van der Waals surface area contributed by atoms with Gasteiger partial charge >= 0.3 is 0 Å². The van der Waals surface area contributed by atoms with Gasteiger partial charge in [-0.3, -0.25) is 0 Å². The first-order chi connectivity index (χ1) is 10.2. The van der Waals surface area contributed by atoms with Crippen molar-refractivity contribution in [2.45, 2.75) is 17.1 Å². The van der Waals surface area contributed by atoms with Gasteiger partial charge in [0, 0.05) is 6.20 Å². The number of nitriles is 1. The molecule has 3 rings (SSSR count). The van der Waals surface area contributed by atoms with Crippen molar-refractivity contribution >= 4 is 11.8 Å². The molecule has 3 heterocycles. The minimum Gasteiger partial charge on any atom is -0.469 e. The number of aromatic nitrogens is 4. The van der Waals surface area contributed by atoms with Gasteiger partial charge in [0.15, 0.2) is 5.82 Å². The maximum atomic E-state index is 9.07. The highest BCUT2D eigenvalue weighted by atomic mass is 32.2. The molecule has 0 fully saturated rings. The maximum absolute atomic E-state index is 9.07. The highest BCUT2D eigenvalue weighted by molar-refractivity contribution is 7.99. The van der Waals surface area contributed by atoms with Crippen LogP contribution in [0.5, 0.6) is 0 Å². The molecule has 0 radical (unpaired) electrons. The minimum atomic E-state index is 0.445. The molecule has 104 valence electrons. The highest BCUT2D eigenvalue weighted by Gasteiger charge is 2.17. The molecule has 0 saturated heterocycles. The van der Waals surface area contributed by atoms with Gasteiger partial charge in [-0.2, -0.15) is 5.26 Å². The van der Waals surface area contributed by atoms with Crippen molar-refractivity contribution in [3.63, 3.8) is 0 Å². The van der Waals surface area contributed by atoms with E-state index in [1.807, 2.05) is 6.92 Å². The van der Waals surface area contributed by atoms with Crippen molar-refractivity contribution in [3.05, 3.63) is 42.0 Å². The van der Waals surface area contributed by atoms with Gasteiger partial charge in [0.1, 0.15) is 16.9 Å². The monoisotopic (exact) mass is 298 g/mol. The van der Waals surface area contributed by atoms with Crippen LogP contribution >= 0.6 is 11.8 Å². The van der Waals surface area contributed by atoms with Crippen LogP contribution < -0.4 is 5.84 Å². The maximum Gasteiger partial charge on any atom is 0.216 e. The van der Waals surface area contributed by atoms with Crippen LogP contribution in [0.25, 0.3) is 11.4 Å². The molecule has 0 amide bonds. The number of aryl methyl sites for hydroxylation is 1. The van der Waals surface area contributed by atoms with E-state index in [9.17, 15) is 0 Å². The Morgan fingerprint density at radius 1 is 1.38 bits per heavy atom. The van der Waals surface area contributed by atoms with Crippen molar-refractivity contribution in [1.29, 1.82) is 5.26 Å². The number of rotatable bonds is 3. The fraction of sp³-hybridized carbons (Fsp3) is 0.0769. The number of furan rings is 1. The van der Waals surface area contributed by atoms with Gasteiger partial charge in [0.05, 0.1) is 17.4 Å². The molecule has 21 heavy (non-hydrogen) atoms. The largest absolute Gasteiger partial charge is 0.469 e. The van der Waals surface area contributed by atoms with Crippen molar-refractivity contribution in [3.8, 4) is 17.5 Å². The Kier molecular flexibility index (Phi) is 3.33. The Morgan fingerprint density at radius 3 is 2.95 bits per heavy atom. The number of nitrogens with two attached hydrogens (primary N) is 1. The van der Waals surface area contributed by atoms with Gasteiger partial charge in [0.25, 0.3) is 0 Å². The average Bonchev–Trinajstić information content (AvgIpc) is 3.06. The summed E-state index contributed by atoms with van der Waals surface area (Å²) in [5, 5.41) is 18.2. The molecule has 8 heteroatoms. The topological polar surface area (TPSA) is 107 Å². The number of nitrogens with zero attached hydrogens (tertiary/aromatic N) is 5. The second kappa shape index (κ2) is 5.30. The molecule has 0 unspecified atom stereocenters. The molecule has 0 aromatic carbocycles. The average molecular weight is 298 g/mol. The first kappa shape index (κ1) is 13.2. The summed E-state index contributed by atoms with van der Waals surface area (Å²) in [5.74, 6) is 7.23. The van der Waals surface area contributed by atoms with Crippen molar-refractivity contribution in [2.24, 2.45) is 0 Å². The Labute approximate surface area is 124 Å². The SMILES string of the molecule is Cc1occc1-c1nnc(Sc2ncccc2C#N)n1N. The number of nitrogen functional groups attached to an aromatic ring is 1. The summed E-state index contributed by atoms with van der Waals surface area (Å²) in [6.07, 6.45) is 3.18. The zero-order valence-corrected chi connectivity index (χ0v) is 11.8. The Balaban J connectivity index is 1.97. The molecule has 0 bridgehead atoms. The number of pyridine rings is 1. The van der Waals surface area contributed by atoms with E-state index in [4.69, 9.17) is 15.5 Å². The second-order valence-corrected chi connectivity index (χ2v) is 5.09. The van der Waals surface area contributed by atoms with Crippen molar-refractivity contribution in [1.82, 2.24) is 19.9 Å². The van der Waals surface area contributed by atoms with Crippen LogP contribution in [0.1, 0.15) is 11.3 Å². The quantitative estimate of drug-likeness (QED) is 0.737. The van der Waals surface area contributed by atoms with Crippen LogP contribution in [0, 0.1) is 18.3 Å². The first-order valence-electron chi connectivity index (χ1n) is 5.98. The van der Waals surface area contributed by atoms with Gasteiger partial charge in [-0.25, -0.2) is 9.66 Å². The lowest BCUT2D eigenvalue weighted by Crippen LogP contribution is -2.11. The summed E-state index contributed by atoms with van der Waals surface area (Å²) in [4.78, 5) is 4.16. The Morgan fingerprint density at radius 2 is 2.24 bits per heavy atom. The number of hydrogen-bond acceptors (Lipinski definition) is 7. The van der Waals surface area contributed by atoms with E-state index in [2.05, 4.69) is 21.3 Å². The molecular formula is C13H10N6OS. The third kappa shape index (κ3) is 2.34. The van der Waals surface area contributed by atoms with E-state index in [1.165, 1.54) is 16.4 Å². The van der Waals surface area contributed by atoms with E-state index in [-0.39, 0.29) is 0 Å². The van der Waals surface area contributed by atoms with E-state index >= 15 is 0 Å². The van der Waals surface area contributed by atoms with Gasteiger partial charge in [-0.1, -0.05) is 0 Å². The summed E-state index contributed by atoms with van der Waals surface area (Å²) >= 11 is 1.19. The summed E-state index contributed by atoms with van der Waals surface area (Å²) in [7, 11) is 0. The first-order valence-corrected chi connectivity index (χ1v) is 6.80. The Hall–Kier alpha value is -2.79. The molecule has 0 aliphatic heterocycles. The van der Waals surface area contributed by atoms with Gasteiger partial charge in [-0.05, 0) is 36.9 Å². The zero-order valence-electron chi connectivity index (χ0n) is 11.0. The van der Waals surface area contributed by atoms with Gasteiger partial charge in [0.2, 0.25) is 5.16 Å². The zero-order chi connectivity index (χ0) is 14.8. The van der Waals surface area contributed by atoms with Crippen LogP contribution in [-0.4, -0.2) is 19.9 Å². The lowest BCUT2D eigenvalue weighted by molar-refractivity contribution is 0.535. The predicted molar refractivity (Wildman–Crippen MR) is 75.7 cm³/mol. The minimum absolute atomic E-state index is 0.445. The lowest BCUT2D eigenvalue weighted by atomic mass is 10.2. The molecule has 3 aromatic heterocycles. The van der Waals surface area contributed by atoms with E-state index in [0.717, 1.165) is 5.56 Å². The smallest absolute Gasteiger partial charge is 0.216 e. The van der Waals surface area contributed by atoms with Crippen LogP contribution in [0.4, 0.5) is 0 Å². The van der Waals surface area contributed by atoms with Crippen LogP contribution in [-0.2, 0) is 0 Å². The fourth-order valence-electron chi connectivity index (χ4n) is 1.79. The normalized spacial score (nSPS) is 10.5. The molecule has 0 spiro atoms. The van der Waals surface area contributed by atoms with Gasteiger partial charge in [-0.15, -0.1) is 10.2 Å². The second-order valence-electron chi connectivity index (χ2n) is 4.14. The molecular weight excluding hydrogens is 288 g/mol. The van der Waals surface area contributed by atoms with Crippen molar-refractivity contribution in [2.75, 3.05) is 5.84 Å². The summed E-state index contributed by atoms with van der Waals surface area (Å²) in [5.41, 5.74) is 1.24. The van der Waals surface area contributed by atoms with Crippen LogP contribution in [0.3, 0.4) is 0 Å². The van der Waals surface area contributed by atoms with E-state index in [1.54, 1.807) is 30.7 Å². The van der Waals surface area contributed by atoms with Crippen LogP contribution in [0.15, 0.2) is 45.3 Å². The fourth-order valence-corrected chi connectivity index (χ4v) is 2.57. The van der Waals surface area contributed by atoms with Gasteiger partial charge < -0.3 is 10.3 Å². The third-order valence-electron chi connectivity index (χ3n) is 2.84. The van der Waals surface area contributed by atoms with Crippen LogP contribution in [0.2, 0.25) is 0 Å². The predicted octanol–water partition coefficient (Wildman–Crippen LogP) is 1.98. The highest BCUT2D eigenvalue weighted by Crippen LogP contribution is 2.29. The summed E-state index contributed by atoms with van der Waals surface area (Å²) in [6.45, 7) is 1.82. The molecule has 0 aliphatic rings. The number of hydrogen-bond donors (Lipinski definition) is 1. The standard InChI is InChI=1S/C13H10N6OS/c1-8-10(4-6-20-8)11-17-18-13(19(11)15)21-12-9(7-14)3-2-5-16-12/h2-6H,15H2,1H3. The molecule has 0 aliphatic carbocycles. The van der Waals surface area contributed by atoms with E-state index < -0.39 is 0 Å². The van der Waals surface area contributed by atoms with E-state index in [0.29, 0.717) is 27.3 Å². The summed E-state index contributed by atoms with van der Waals surface area (Å²) in [6, 6.07) is 7.25. The molecule has 0 saturated carbocycles. The lowest BCUT2D eigenvalue weighted by Gasteiger charge is -2.03. The summed E-state index contributed by atoms with van der Waals surface area (Å²) < 4.78 is 6.60. The molecule has 2 N–H and O–H groups in total.